The van der Waals surface area contributed by atoms with Crippen LogP contribution in [0.2, 0.25) is 0 Å². The highest BCUT2D eigenvalue weighted by Crippen LogP contribution is 2.32. The molecule has 19 heavy (non-hydrogen) atoms. The van der Waals surface area contributed by atoms with Gasteiger partial charge in [0, 0.05) is 17.4 Å². The summed E-state index contributed by atoms with van der Waals surface area (Å²) in [5, 5.41) is 3.94. The Morgan fingerprint density at radius 1 is 1.42 bits per heavy atom. The molecular formula is C15H19BrFNO. The minimum atomic E-state index is -0.366. The molecule has 0 radical (unpaired) electrons. The van der Waals surface area contributed by atoms with E-state index in [1.54, 1.807) is 6.07 Å². The van der Waals surface area contributed by atoms with Crippen molar-refractivity contribution in [2.45, 2.75) is 26.2 Å². The molecular weight excluding hydrogens is 309 g/mol. The number of aryl methyl sites for hydroxylation is 1. The molecule has 1 aliphatic rings. The zero-order chi connectivity index (χ0) is 13.8. The van der Waals surface area contributed by atoms with Crippen molar-refractivity contribution in [3.05, 3.63) is 35.1 Å². The van der Waals surface area contributed by atoms with E-state index in [2.05, 4.69) is 21.2 Å². The van der Waals surface area contributed by atoms with Gasteiger partial charge in [0.2, 0.25) is 0 Å². The van der Waals surface area contributed by atoms with Crippen molar-refractivity contribution in [2.75, 3.05) is 11.9 Å². The van der Waals surface area contributed by atoms with Gasteiger partial charge in [0.1, 0.15) is 5.82 Å². The maximum atomic E-state index is 13.2. The summed E-state index contributed by atoms with van der Waals surface area (Å²) >= 11 is 3.53. The molecule has 2 unspecified atom stereocenters. The van der Waals surface area contributed by atoms with Gasteiger partial charge >= 0.3 is 0 Å². The molecule has 104 valence electrons. The molecule has 1 aromatic carbocycles. The maximum Gasteiger partial charge on any atom is 0.251 e. The molecule has 2 rings (SSSR count). The maximum absolute atomic E-state index is 13.2. The Morgan fingerprint density at radius 2 is 2.16 bits per heavy atom. The van der Waals surface area contributed by atoms with Gasteiger partial charge in [-0.05, 0) is 49.3 Å². The van der Waals surface area contributed by atoms with Crippen LogP contribution in [-0.2, 0) is 0 Å². The highest BCUT2D eigenvalue weighted by Gasteiger charge is 2.26. The van der Waals surface area contributed by atoms with Crippen LogP contribution in [0.3, 0.4) is 0 Å². The third-order valence-corrected chi connectivity index (χ3v) is 4.82. The number of hydrogen-bond donors (Lipinski definition) is 1. The first-order chi connectivity index (χ1) is 9.11. The summed E-state index contributed by atoms with van der Waals surface area (Å²) in [6.45, 7) is 2.51. The molecule has 1 N–H and O–H groups in total. The topological polar surface area (TPSA) is 29.1 Å². The minimum Gasteiger partial charge on any atom is -0.352 e. The van der Waals surface area contributed by atoms with E-state index in [1.807, 2.05) is 6.92 Å². The number of halogens is 2. The van der Waals surface area contributed by atoms with Gasteiger partial charge in [-0.25, -0.2) is 4.39 Å². The Labute approximate surface area is 121 Å². The summed E-state index contributed by atoms with van der Waals surface area (Å²) < 4.78 is 13.2. The van der Waals surface area contributed by atoms with E-state index in [1.165, 1.54) is 31.4 Å². The minimum absolute atomic E-state index is 0.169. The Kier molecular flexibility index (Phi) is 4.97. The van der Waals surface area contributed by atoms with Gasteiger partial charge in [0.25, 0.3) is 5.91 Å². The Hall–Kier alpha value is -0.900. The van der Waals surface area contributed by atoms with Gasteiger partial charge in [-0.3, -0.25) is 4.79 Å². The van der Waals surface area contributed by atoms with E-state index in [4.69, 9.17) is 0 Å². The highest BCUT2D eigenvalue weighted by molar-refractivity contribution is 9.09. The van der Waals surface area contributed by atoms with Crippen LogP contribution in [0.25, 0.3) is 0 Å². The Morgan fingerprint density at radius 3 is 2.89 bits per heavy atom. The van der Waals surface area contributed by atoms with Crippen LogP contribution in [-0.4, -0.2) is 17.8 Å². The second-order valence-electron chi connectivity index (χ2n) is 5.27. The molecule has 2 atom stereocenters. The molecule has 1 saturated carbocycles. The second-order valence-corrected chi connectivity index (χ2v) is 5.92. The molecule has 0 saturated heterocycles. The van der Waals surface area contributed by atoms with Crippen molar-refractivity contribution < 1.29 is 9.18 Å². The largest absolute Gasteiger partial charge is 0.352 e. The van der Waals surface area contributed by atoms with E-state index in [-0.39, 0.29) is 11.7 Å². The molecule has 1 amide bonds. The van der Waals surface area contributed by atoms with Gasteiger partial charge in [0.05, 0.1) is 0 Å². The number of carbonyl (C=O) groups excluding carboxylic acids is 1. The lowest BCUT2D eigenvalue weighted by atomic mass is 9.98. The standard InChI is InChI=1S/C15H19BrFNO/c1-10-5-6-13(17)7-14(10)15(19)18-9-12-4-2-3-11(12)8-16/h5-7,11-12H,2-4,8-9H2,1H3,(H,18,19). The third kappa shape index (κ3) is 3.56. The smallest absolute Gasteiger partial charge is 0.251 e. The SMILES string of the molecule is Cc1ccc(F)cc1C(=O)NCC1CCCC1CBr. The van der Waals surface area contributed by atoms with Crippen molar-refractivity contribution in [2.24, 2.45) is 11.8 Å². The first kappa shape index (κ1) is 14.5. The predicted octanol–water partition coefficient (Wildman–Crippen LogP) is 3.68. The summed E-state index contributed by atoms with van der Waals surface area (Å²) in [4.78, 5) is 12.1. The third-order valence-electron chi connectivity index (χ3n) is 3.98. The lowest BCUT2D eigenvalue weighted by molar-refractivity contribution is 0.0943. The van der Waals surface area contributed by atoms with E-state index in [9.17, 15) is 9.18 Å². The quantitative estimate of drug-likeness (QED) is 0.840. The molecule has 0 bridgehead atoms. The molecule has 4 heteroatoms. The number of amides is 1. The van der Waals surface area contributed by atoms with Crippen molar-refractivity contribution in [3.8, 4) is 0 Å². The number of benzene rings is 1. The zero-order valence-electron chi connectivity index (χ0n) is 11.1. The van der Waals surface area contributed by atoms with Gasteiger partial charge in [-0.2, -0.15) is 0 Å². The molecule has 0 aliphatic heterocycles. The summed E-state index contributed by atoms with van der Waals surface area (Å²) in [5.41, 5.74) is 1.25. The van der Waals surface area contributed by atoms with Crippen molar-refractivity contribution in [1.82, 2.24) is 5.32 Å². The number of rotatable bonds is 4. The van der Waals surface area contributed by atoms with Gasteiger partial charge < -0.3 is 5.32 Å². The van der Waals surface area contributed by atoms with E-state index < -0.39 is 0 Å². The van der Waals surface area contributed by atoms with Crippen LogP contribution in [0.5, 0.6) is 0 Å². The molecule has 0 spiro atoms. The number of alkyl halides is 1. The summed E-state index contributed by atoms with van der Waals surface area (Å²) in [5.74, 6) is 0.651. The first-order valence-electron chi connectivity index (χ1n) is 6.72. The second kappa shape index (κ2) is 6.51. The van der Waals surface area contributed by atoms with Gasteiger partial charge in [0.15, 0.2) is 0 Å². The fourth-order valence-electron chi connectivity index (χ4n) is 2.74. The monoisotopic (exact) mass is 327 g/mol. The average molecular weight is 328 g/mol. The van der Waals surface area contributed by atoms with Crippen molar-refractivity contribution in [1.29, 1.82) is 0 Å². The molecule has 0 aromatic heterocycles. The van der Waals surface area contributed by atoms with E-state index in [0.29, 0.717) is 23.9 Å². The number of hydrogen-bond acceptors (Lipinski definition) is 1. The summed E-state index contributed by atoms with van der Waals surface area (Å²) in [7, 11) is 0. The lowest BCUT2D eigenvalue weighted by Gasteiger charge is -2.18. The van der Waals surface area contributed by atoms with Crippen LogP contribution in [0.15, 0.2) is 18.2 Å². The van der Waals surface area contributed by atoms with E-state index >= 15 is 0 Å². The zero-order valence-corrected chi connectivity index (χ0v) is 12.7. The summed E-state index contributed by atoms with van der Waals surface area (Å²) in [6, 6.07) is 4.33. The van der Waals surface area contributed by atoms with Crippen LogP contribution >= 0.6 is 15.9 Å². The average Bonchev–Trinajstić information content (AvgIpc) is 2.86. The molecule has 2 nitrogen and oxygen atoms in total. The van der Waals surface area contributed by atoms with Crippen molar-refractivity contribution in [3.63, 3.8) is 0 Å². The number of nitrogens with one attached hydrogen (secondary N) is 1. The highest BCUT2D eigenvalue weighted by atomic mass is 79.9. The van der Waals surface area contributed by atoms with Crippen LogP contribution < -0.4 is 5.32 Å². The van der Waals surface area contributed by atoms with Gasteiger partial charge in [-0.15, -0.1) is 0 Å². The predicted molar refractivity (Wildman–Crippen MR) is 78.1 cm³/mol. The lowest BCUT2D eigenvalue weighted by Crippen LogP contribution is -2.31. The molecule has 1 fully saturated rings. The summed E-state index contributed by atoms with van der Waals surface area (Å²) in [6.07, 6.45) is 3.62. The van der Waals surface area contributed by atoms with Crippen LogP contribution in [0.1, 0.15) is 35.2 Å². The molecule has 0 heterocycles. The first-order valence-corrected chi connectivity index (χ1v) is 7.84. The van der Waals surface area contributed by atoms with Crippen LogP contribution in [0, 0.1) is 24.6 Å². The fourth-order valence-corrected chi connectivity index (χ4v) is 3.60. The Balaban J connectivity index is 1.96. The normalized spacial score (nSPS) is 22.5. The van der Waals surface area contributed by atoms with Crippen LogP contribution in [0.4, 0.5) is 4.39 Å². The Bertz CT molecular complexity index is 463. The van der Waals surface area contributed by atoms with Gasteiger partial charge in [-0.1, -0.05) is 28.4 Å². The fraction of sp³-hybridized carbons (Fsp3) is 0.533. The number of carbonyl (C=O) groups is 1. The van der Waals surface area contributed by atoms with E-state index in [0.717, 1.165) is 10.9 Å². The van der Waals surface area contributed by atoms with Crippen molar-refractivity contribution >= 4 is 21.8 Å². The molecule has 1 aliphatic carbocycles. The molecule has 1 aromatic rings.